The minimum Gasteiger partial charge on any atom is -0.385 e. The van der Waals surface area contributed by atoms with Crippen molar-refractivity contribution in [2.45, 2.75) is 50.4 Å². The van der Waals surface area contributed by atoms with E-state index in [2.05, 4.69) is 20.0 Å². The van der Waals surface area contributed by atoms with Gasteiger partial charge in [-0.3, -0.25) is 19.3 Å². The fourth-order valence-electron chi connectivity index (χ4n) is 5.99. The molecule has 2 fully saturated rings. The number of halogens is 6. The number of amides is 2. The first kappa shape index (κ1) is 35.5. The Morgan fingerprint density at radius 2 is 1.08 bits per heavy atom. The predicted molar refractivity (Wildman–Crippen MR) is 160 cm³/mol. The van der Waals surface area contributed by atoms with E-state index in [1.165, 1.54) is 19.2 Å². The number of benzene rings is 2. The van der Waals surface area contributed by atoms with Gasteiger partial charge >= 0.3 is 24.5 Å². The van der Waals surface area contributed by atoms with Gasteiger partial charge in [0.1, 0.15) is 0 Å². The molecule has 11 nitrogen and oxygen atoms in total. The SMILES string of the molecule is COCCC1c2ccc(C(=O)/C(=N/OC(=O)N3CCCC3)C(F)(F)F)cc2-c2cc(C(=O)/C(=N/OC(=O)N3CCCC3)C(F)(F)F)ccc21. The first-order valence-corrected chi connectivity index (χ1v) is 15.3. The van der Waals surface area contributed by atoms with Gasteiger partial charge in [-0.1, -0.05) is 34.6 Å². The highest BCUT2D eigenvalue weighted by atomic mass is 19.4. The van der Waals surface area contributed by atoms with Gasteiger partial charge in [-0.05, 0) is 66.5 Å². The molecule has 49 heavy (non-hydrogen) atoms. The van der Waals surface area contributed by atoms with Gasteiger partial charge in [-0.25, -0.2) is 9.59 Å². The fourth-order valence-corrected chi connectivity index (χ4v) is 5.99. The molecule has 1 aliphatic carbocycles. The van der Waals surface area contributed by atoms with E-state index in [0.717, 1.165) is 34.1 Å². The third-order valence-electron chi connectivity index (χ3n) is 8.41. The summed E-state index contributed by atoms with van der Waals surface area (Å²) in [6.45, 7) is 1.29. The average Bonchev–Trinajstić information content (AvgIpc) is 3.83. The van der Waals surface area contributed by atoms with Crippen molar-refractivity contribution in [3.63, 3.8) is 0 Å². The van der Waals surface area contributed by atoms with Gasteiger partial charge < -0.3 is 14.5 Å². The molecule has 0 spiro atoms. The van der Waals surface area contributed by atoms with Gasteiger partial charge in [0.05, 0.1) is 0 Å². The van der Waals surface area contributed by atoms with E-state index in [-0.39, 0.29) is 43.9 Å². The Kier molecular flexibility index (Phi) is 10.4. The standard InChI is InChI=1S/C32H30F6N4O7/c1-47-15-10-22-20-8-6-18(25(43)27(31(33,34)35)39-48-29(45)41-11-2-3-12-41)16-23(20)24-17-19(7-9-21(22)24)26(44)28(32(36,37)38)40-49-30(46)42-13-4-5-14-42/h6-9,16-17,22H,2-5,10-15H2,1H3/b39-27-,40-28-. The molecule has 2 amide bonds. The summed E-state index contributed by atoms with van der Waals surface area (Å²) in [5.41, 5.74) is -3.61. The molecule has 0 aromatic heterocycles. The lowest BCUT2D eigenvalue weighted by molar-refractivity contribution is -0.0617. The van der Waals surface area contributed by atoms with E-state index in [9.17, 15) is 45.5 Å². The first-order chi connectivity index (χ1) is 23.2. The van der Waals surface area contributed by atoms with Crippen LogP contribution in [0.4, 0.5) is 35.9 Å². The van der Waals surface area contributed by atoms with Gasteiger partial charge in [-0.2, -0.15) is 26.3 Å². The van der Waals surface area contributed by atoms with Gasteiger partial charge in [-0.15, -0.1) is 0 Å². The second-order valence-corrected chi connectivity index (χ2v) is 11.6. The topological polar surface area (TPSA) is 127 Å². The Morgan fingerprint density at radius 3 is 1.43 bits per heavy atom. The number of hydrogen-bond acceptors (Lipinski definition) is 9. The molecule has 0 radical (unpaired) electrons. The molecule has 5 rings (SSSR count). The Hall–Kier alpha value is -4.80. The minimum atomic E-state index is -5.31. The van der Waals surface area contributed by atoms with Crippen LogP contribution in [0.15, 0.2) is 46.7 Å². The molecular weight excluding hydrogens is 666 g/mol. The second-order valence-electron chi connectivity index (χ2n) is 11.6. The number of Topliss-reactive ketones (excluding diaryl/α,β-unsaturated/α-hetero) is 2. The van der Waals surface area contributed by atoms with E-state index in [1.807, 2.05) is 0 Å². The lowest BCUT2D eigenvalue weighted by Gasteiger charge is -2.15. The number of hydrogen-bond donors (Lipinski definition) is 0. The lowest BCUT2D eigenvalue weighted by Crippen LogP contribution is -2.33. The fraction of sp³-hybridized carbons (Fsp3) is 0.438. The number of carbonyl (C=O) groups is 4. The molecule has 0 bridgehead atoms. The highest BCUT2D eigenvalue weighted by molar-refractivity contribution is 6.48. The zero-order chi connectivity index (χ0) is 35.5. The number of fused-ring (bicyclic) bond motifs is 3. The molecule has 17 heteroatoms. The number of alkyl halides is 6. The van der Waals surface area contributed by atoms with Crippen LogP contribution in [0, 0.1) is 0 Å². The van der Waals surface area contributed by atoms with Crippen LogP contribution in [-0.2, 0) is 14.4 Å². The number of rotatable bonds is 9. The van der Waals surface area contributed by atoms with Gasteiger partial charge in [0, 0.05) is 56.9 Å². The molecule has 0 unspecified atom stereocenters. The molecule has 0 saturated carbocycles. The molecule has 2 aliphatic heterocycles. The molecule has 3 aliphatic rings. The van der Waals surface area contributed by atoms with E-state index < -0.39 is 64.6 Å². The molecule has 262 valence electrons. The first-order valence-electron chi connectivity index (χ1n) is 15.3. The third kappa shape index (κ3) is 7.76. The van der Waals surface area contributed by atoms with E-state index in [4.69, 9.17) is 4.74 Å². The van der Waals surface area contributed by atoms with Gasteiger partial charge in [0.15, 0.2) is 0 Å². The monoisotopic (exact) mass is 696 g/mol. The molecule has 2 aromatic rings. The van der Waals surface area contributed by atoms with Crippen LogP contribution in [0.5, 0.6) is 0 Å². The largest absolute Gasteiger partial charge is 0.440 e. The van der Waals surface area contributed by atoms with E-state index in [1.54, 1.807) is 0 Å². The molecule has 0 atom stereocenters. The smallest absolute Gasteiger partial charge is 0.385 e. The average molecular weight is 697 g/mol. The summed E-state index contributed by atoms with van der Waals surface area (Å²) in [5, 5.41) is 5.75. The van der Waals surface area contributed by atoms with Crippen LogP contribution < -0.4 is 0 Å². The number of carbonyl (C=O) groups excluding carboxylic acids is 4. The number of likely N-dealkylation sites (tertiary alicyclic amines) is 2. The van der Waals surface area contributed by atoms with Crippen LogP contribution in [0.3, 0.4) is 0 Å². The van der Waals surface area contributed by atoms with E-state index in [0.29, 0.717) is 43.2 Å². The van der Waals surface area contributed by atoms with E-state index >= 15 is 0 Å². The summed E-state index contributed by atoms with van der Waals surface area (Å²) in [6.07, 6.45) is -10.0. The van der Waals surface area contributed by atoms with Crippen molar-refractivity contribution in [3.05, 3.63) is 58.7 Å². The molecular formula is C32H30F6N4O7. The zero-order valence-electron chi connectivity index (χ0n) is 26.0. The summed E-state index contributed by atoms with van der Waals surface area (Å²) in [5.74, 6) is -3.69. The van der Waals surface area contributed by atoms with Crippen LogP contribution in [0.1, 0.15) is 69.9 Å². The maximum absolute atomic E-state index is 14.0. The Balaban J connectivity index is 1.49. The van der Waals surface area contributed by atoms with Crippen molar-refractivity contribution in [1.82, 2.24) is 9.80 Å². The lowest BCUT2D eigenvalue weighted by atomic mass is 9.92. The van der Waals surface area contributed by atoms with Crippen molar-refractivity contribution in [1.29, 1.82) is 0 Å². The van der Waals surface area contributed by atoms with Crippen LogP contribution in [-0.4, -0.2) is 97.2 Å². The number of ether oxygens (including phenoxy) is 1. The predicted octanol–water partition coefficient (Wildman–Crippen LogP) is 6.50. The molecule has 2 heterocycles. The maximum Gasteiger partial charge on any atom is 0.440 e. The molecule has 0 N–H and O–H groups in total. The summed E-state index contributed by atoms with van der Waals surface area (Å²) < 4.78 is 89.0. The zero-order valence-corrected chi connectivity index (χ0v) is 26.0. The third-order valence-corrected chi connectivity index (χ3v) is 8.41. The van der Waals surface area contributed by atoms with Gasteiger partial charge in [0.25, 0.3) is 0 Å². The normalized spacial score (nSPS) is 16.9. The van der Waals surface area contributed by atoms with Crippen LogP contribution in [0.2, 0.25) is 0 Å². The number of nitrogens with zero attached hydrogens (tertiary/aromatic N) is 4. The van der Waals surface area contributed by atoms with Gasteiger partial charge in [0.2, 0.25) is 23.0 Å². The summed E-state index contributed by atoms with van der Waals surface area (Å²) >= 11 is 0. The van der Waals surface area contributed by atoms with Crippen molar-refractivity contribution in [2.24, 2.45) is 10.3 Å². The van der Waals surface area contributed by atoms with Crippen molar-refractivity contribution >= 4 is 35.2 Å². The van der Waals surface area contributed by atoms with Crippen molar-refractivity contribution in [2.75, 3.05) is 39.9 Å². The summed E-state index contributed by atoms with van der Waals surface area (Å²) in [7, 11) is 1.45. The number of ketones is 2. The van der Waals surface area contributed by atoms with Crippen LogP contribution in [0.25, 0.3) is 11.1 Å². The molecule has 2 saturated heterocycles. The van der Waals surface area contributed by atoms with Crippen LogP contribution >= 0.6 is 0 Å². The Bertz CT molecular complexity index is 1570. The summed E-state index contributed by atoms with van der Waals surface area (Å²) in [6, 6.07) is 7.27. The highest BCUT2D eigenvalue weighted by Crippen LogP contribution is 2.47. The quantitative estimate of drug-likeness (QED) is 0.0963. The maximum atomic E-state index is 14.0. The second kappa shape index (κ2) is 14.4. The highest BCUT2D eigenvalue weighted by Gasteiger charge is 2.45. The number of methoxy groups -OCH3 is 1. The Morgan fingerprint density at radius 1 is 0.694 bits per heavy atom. The van der Waals surface area contributed by atoms with Crippen molar-refractivity contribution in [3.8, 4) is 11.1 Å². The number of oxime groups is 2. The Labute approximate surface area is 275 Å². The molecule has 2 aromatic carbocycles. The summed E-state index contributed by atoms with van der Waals surface area (Å²) in [4.78, 5) is 61.9. The van der Waals surface area contributed by atoms with Crippen molar-refractivity contribution < 1.29 is 59.9 Å². The minimum absolute atomic E-state index is 0.179.